The summed E-state index contributed by atoms with van der Waals surface area (Å²) in [6, 6.07) is 20.0. The minimum absolute atomic E-state index is 0.0273. The molecule has 4 rings (SSSR count). The van der Waals surface area contributed by atoms with E-state index in [0.29, 0.717) is 22.2 Å². The summed E-state index contributed by atoms with van der Waals surface area (Å²) in [6.07, 6.45) is 0. The van der Waals surface area contributed by atoms with Gasteiger partial charge in [-0.2, -0.15) is 0 Å². The van der Waals surface area contributed by atoms with E-state index in [9.17, 15) is 14.0 Å². The van der Waals surface area contributed by atoms with Crippen LogP contribution < -0.4 is 15.5 Å². The number of hydrogen-bond donors (Lipinski definition) is 1. The average Bonchev–Trinajstić information content (AvgIpc) is 2.79. The zero-order valence-electron chi connectivity index (χ0n) is 18.6. The molecule has 0 aliphatic rings. The van der Waals surface area contributed by atoms with E-state index < -0.39 is 18.3 Å². The van der Waals surface area contributed by atoms with Crippen molar-refractivity contribution < 1.29 is 18.3 Å². The molecule has 0 radical (unpaired) electrons. The van der Waals surface area contributed by atoms with E-state index in [4.69, 9.17) is 9.15 Å². The van der Waals surface area contributed by atoms with Gasteiger partial charge in [0.2, 0.25) is 11.2 Å². The van der Waals surface area contributed by atoms with Crippen LogP contribution in [0.2, 0.25) is 0 Å². The van der Waals surface area contributed by atoms with Gasteiger partial charge in [-0.05, 0) is 47.4 Å². The molecule has 1 N–H and O–H groups in total. The van der Waals surface area contributed by atoms with Gasteiger partial charge in [-0.1, -0.05) is 57.2 Å². The van der Waals surface area contributed by atoms with E-state index in [-0.39, 0.29) is 22.4 Å². The molecule has 0 saturated heterocycles. The molecule has 0 fully saturated rings. The Kier molecular flexibility index (Phi) is 6.01. The van der Waals surface area contributed by atoms with Crippen LogP contribution in [0.1, 0.15) is 26.3 Å². The van der Waals surface area contributed by atoms with Crippen molar-refractivity contribution in [3.05, 3.63) is 94.4 Å². The predicted octanol–water partition coefficient (Wildman–Crippen LogP) is 5.91. The predicted molar refractivity (Wildman–Crippen MR) is 127 cm³/mol. The van der Waals surface area contributed by atoms with Crippen molar-refractivity contribution in [3.8, 4) is 17.1 Å². The third kappa shape index (κ3) is 4.95. The van der Waals surface area contributed by atoms with Crippen molar-refractivity contribution in [2.75, 3.05) is 11.9 Å². The van der Waals surface area contributed by atoms with Crippen LogP contribution in [-0.4, -0.2) is 12.5 Å². The summed E-state index contributed by atoms with van der Waals surface area (Å²) in [5.41, 5.74) is 2.27. The number of carbonyl (C=O) groups is 1. The van der Waals surface area contributed by atoms with Crippen LogP contribution in [0.25, 0.3) is 22.3 Å². The number of hydrogen-bond acceptors (Lipinski definition) is 4. The minimum atomic E-state index is -0.483. The summed E-state index contributed by atoms with van der Waals surface area (Å²) in [4.78, 5) is 25.6. The minimum Gasteiger partial charge on any atom is -0.476 e. The van der Waals surface area contributed by atoms with E-state index in [1.165, 1.54) is 24.3 Å². The van der Waals surface area contributed by atoms with Gasteiger partial charge in [-0.25, -0.2) is 4.39 Å². The van der Waals surface area contributed by atoms with Crippen molar-refractivity contribution >= 4 is 22.6 Å². The SMILES string of the molecule is CC(C)(C)c1ccc(-c2oc3ccccc3c(=O)c2OCC(=O)Nc2ccc(F)cc2)cc1. The number of halogens is 1. The molecule has 33 heavy (non-hydrogen) atoms. The van der Waals surface area contributed by atoms with Crippen molar-refractivity contribution in [2.45, 2.75) is 26.2 Å². The zero-order valence-corrected chi connectivity index (χ0v) is 18.6. The van der Waals surface area contributed by atoms with Gasteiger partial charge < -0.3 is 14.5 Å². The van der Waals surface area contributed by atoms with Crippen molar-refractivity contribution in [1.29, 1.82) is 0 Å². The van der Waals surface area contributed by atoms with Gasteiger partial charge in [0.25, 0.3) is 5.91 Å². The Balaban J connectivity index is 1.67. The van der Waals surface area contributed by atoms with Crippen LogP contribution in [0.15, 0.2) is 82.0 Å². The molecule has 3 aromatic carbocycles. The first kappa shape index (κ1) is 22.3. The van der Waals surface area contributed by atoms with E-state index in [1.54, 1.807) is 24.3 Å². The Morgan fingerprint density at radius 3 is 2.30 bits per heavy atom. The molecule has 0 saturated carbocycles. The van der Waals surface area contributed by atoms with Crippen LogP contribution in [0, 0.1) is 5.82 Å². The Hall–Kier alpha value is -3.93. The van der Waals surface area contributed by atoms with Crippen molar-refractivity contribution in [1.82, 2.24) is 0 Å². The molecular weight excluding hydrogens is 421 g/mol. The molecular formula is C27H24FNO4. The first-order valence-electron chi connectivity index (χ1n) is 10.6. The Morgan fingerprint density at radius 1 is 0.970 bits per heavy atom. The Labute approximate surface area is 190 Å². The normalized spacial score (nSPS) is 11.4. The van der Waals surface area contributed by atoms with Crippen LogP contribution in [-0.2, 0) is 10.2 Å². The van der Waals surface area contributed by atoms with Crippen LogP contribution in [0.5, 0.6) is 5.75 Å². The molecule has 0 atom stereocenters. The quantitative estimate of drug-likeness (QED) is 0.414. The van der Waals surface area contributed by atoms with Gasteiger partial charge in [-0.3, -0.25) is 9.59 Å². The van der Waals surface area contributed by atoms with Crippen molar-refractivity contribution in [3.63, 3.8) is 0 Å². The molecule has 6 heteroatoms. The second-order valence-electron chi connectivity index (χ2n) is 8.76. The number of amides is 1. The highest BCUT2D eigenvalue weighted by Gasteiger charge is 2.20. The largest absolute Gasteiger partial charge is 0.476 e. The second-order valence-corrected chi connectivity index (χ2v) is 8.76. The lowest BCUT2D eigenvalue weighted by Crippen LogP contribution is -2.22. The topological polar surface area (TPSA) is 68.5 Å². The van der Waals surface area contributed by atoms with Gasteiger partial charge in [-0.15, -0.1) is 0 Å². The Bertz CT molecular complexity index is 1350. The van der Waals surface area contributed by atoms with Gasteiger partial charge in [0.05, 0.1) is 5.39 Å². The number of carbonyl (C=O) groups excluding carboxylic acids is 1. The molecule has 1 aromatic heterocycles. The number of ether oxygens (including phenoxy) is 1. The highest BCUT2D eigenvalue weighted by molar-refractivity contribution is 5.92. The summed E-state index contributed by atoms with van der Waals surface area (Å²) in [5.74, 6) is -0.663. The molecule has 1 amide bonds. The fourth-order valence-electron chi connectivity index (χ4n) is 3.44. The molecule has 4 aromatic rings. The average molecular weight is 445 g/mol. The lowest BCUT2D eigenvalue weighted by atomic mass is 9.86. The molecule has 0 spiro atoms. The highest BCUT2D eigenvalue weighted by atomic mass is 19.1. The van der Waals surface area contributed by atoms with Crippen LogP contribution in [0.3, 0.4) is 0 Å². The standard InChI is InChI=1S/C27H24FNO4/c1-27(2,3)18-10-8-17(9-11-18)25-26(24(31)21-6-4-5-7-22(21)33-25)32-16-23(30)29-20-14-12-19(28)13-15-20/h4-15H,16H2,1-3H3,(H,29,30). The Morgan fingerprint density at radius 2 is 1.64 bits per heavy atom. The maximum absolute atomic E-state index is 13.2. The number of rotatable bonds is 5. The van der Waals surface area contributed by atoms with Crippen molar-refractivity contribution in [2.24, 2.45) is 0 Å². The maximum atomic E-state index is 13.2. The fraction of sp³-hybridized carbons (Fsp3) is 0.185. The highest BCUT2D eigenvalue weighted by Crippen LogP contribution is 2.32. The summed E-state index contributed by atoms with van der Waals surface area (Å²) in [5, 5.41) is 2.98. The van der Waals surface area contributed by atoms with Gasteiger partial charge in [0, 0.05) is 11.3 Å². The first-order valence-corrected chi connectivity index (χ1v) is 10.6. The van der Waals surface area contributed by atoms with E-state index in [2.05, 4.69) is 26.1 Å². The van der Waals surface area contributed by atoms with Gasteiger partial charge >= 0.3 is 0 Å². The third-order valence-corrected chi connectivity index (χ3v) is 5.24. The molecule has 168 valence electrons. The smallest absolute Gasteiger partial charge is 0.262 e. The number of benzene rings is 3. The molecule has 0 unspecified atom stereocenters. The zero-order chi connectivity index (χ0) is 23.6. The lowest BCUT2D eigenvalue weighted by Gasteiger charge is -2.19. The number of para-hydroxylation sites is 1. The summed E-state index contributed by atoms with van der Waals surface area (Å²) >= 11 is 0. The van der Waals surface area contributed by atoms with Gasteiger partial charge in [0.15, 0.2) is 12.4 Å². The van der Waals surface area contributed by atoms with Gasteiger partial charge in [0.1, 0.15) is 11.4 Å². The molecule has 5 nitrogen and oxygen atoms in total. The van der Waals surface area contributed by atoms with E-state index >= 15 is 0 Å². The number of fused-ring (bicyclic) bond motifs is 1. The summed E-state index contributed by atoms with van der Waals surface area (Å²) in [7, 11) is 0. The summed E-state index contributed by atoms with van der Waals surface area (Å²) < 4.78 is 24.8. The second kappa shape index (κ2) is 8.90. The third-order valence-electron chi connectivity index (χ3n) is 5.24. The maximum Gasteiger partial charge on any atom is 0.262 e. The molecule has 0 aliphatic heterocycles. The fourth-order valence-corrected chi connectivity index (χ4v) is 3.44. The lowest BCUT2D eigenvalue weighted by molar-refractivity contribution is -0.118. The first-order chi connectivity index (χ1) is 15.7. The van der Waals surface area contributed by atoms with Crippen LogP contribution in [0.4, 0.5) is 10.1 Å². The monoisotopic (exact) mass is 445 g/mol. The van der Waals surface area contributed by atoms with E-state index in [1.807, 2.05) is 24.3 Å². The number of nitrogens with one attached hydrogen (secondary N) is 1. The molecule has 1 heterocycles. The number of anilines is 1. The van der Waals surface area contributed by atoms with Crippen LogP contribution >= 0.6 is 0 Å². The molecule has 0 bridgehead atoms. The summed E-state index contributed by atoms with van der Waals surface area (Å²) in [6.45, 7) is 5.94. The van der Waals surface area contributed by atoms with E-state index in [0.717, 1.165) is 5.56 Å². The molecule has 0 aliphatic carbocycles.